The van der Waals surface area contributed by atoms with Crippen molar-refractivity contribution in [1.82, 2.24) is 49.8 Å². The highest BCUT2D eigenvalue weighted by atomic mass is 14.8. The van der Waals surface area contributed by atoms with Crippen LogP contribution >= 0.6 is 0 Å². The van der Waals surface area contributed by atoms with Crippen LogP contribution in [0.2, 0.25) is 0 Å². The van der Waals surface area contributed by atoms with Crippen molar-refractivity contribution >= 4 is 109 Å². The Kier molecular flexibility index (Phi) is 14.0. The average molecular weight is 1280 g/mol. The summed E-state index contributed by atoms with van der Waals surface area (Å²) in [5.41, 5.74) is 26.0. The van der Waals surface area contributed by atoms with Crippen molar-refractivity contribution in [2.75, 3.05) is 0 Å². The van der Waals surface area contributed by atoms with Gasteiger partial charge in [0.2, 0.25) is 0 Å². The molecule has 100 heavy (non-hydrogen) atoms. The molecule has 10 heterocycles. The first-order chi connectivity index (χ1) is 49.5. The van der Waals surface area contributed by atoms with E-state index in [4.69, 9.17) is 29.9 Å². The minimum absolute atomic E-state index is 0.913. The van der Waals surface area contributed by atoms with Gasteiger partial charge in [0.1, 0.15) is 0 Å². The van der Waals surface area contributed by atoms with Gasteiger partial charge in [-0.2, -0.15) is 0 Å². The van der Waals surface area contributed by atoms with Gasteiger partial charge in [0.15, 0.2) is 0 Å². The second-order valence-electron chi connectivity index (χ2n) is 25.1. The van der Waals surface area contributed by atoms with Gasteiger partial charge in [-0.15, -0.1) is 0 Å². The number of hydrogen-bond donors (Lipinski definition) is 0. The number of fused-ring (bicyclic) bond motifs is 12. The molecule has 464 valence electrons. The molecule has 10 nitrogen and oxygen atoms in total. The lowest BCUT2D eigenvalue weighted by Crippen LogP contribution is -1.90. The van der Waals surface area contributed by atoms with Crippen LogP contribution in [0, 0.1) is 0 Å². The van der Waals surface area contributed by atoms with Crippen molar-refractivity contribution in [3.63, 3.8) is 0 Å². The Morgan fingerprint density at radius 3 is 1.01 bits per heavy atom. The predicted molar refractivity (Wildman–Crippen MR) is 409 cm³/mol. The minimum Gasteiger partial charge on any atom is -0.256 e. The molecular weight excluding hydrogens is 1220 g/mol. The summed E-state index contributed by atoms with van der Waals surface area (Å²) < 4.78 is 0. The zero-order valence-corrected chi connectivity index (χ0v) is 53.6. The molecule has 0 N–H and O–H groups in total. The predicted octanol–water partition coefficient (Wildman–Crippen LogP) is 22.2. The summed E-state index contributed by atoms with van der Waals surface area (Å²) in [7, 11) is 0. The van der Waals surface area contributed by atoms with Crippen LogP contribution in [0.25, 0.3) is 199 Å². The molecule has 0 aliphatic rings. The molecule has 0 radical (unpaired) electrons. The third-order valence-electron chi connectivity index (χ3n) is 19.1. The number of nitrogens with zero attached hydrogens (tertiary/aromatic N) is 10. The summed E-state index contributed by atoms with van der Waals surface area (Å²) >= 11 is 0. The van der Waals surface area contributed by atoms with E-state index in [2.05, 4.69) is 269 Å². The lowest BCUT2D eigenvalue weighted by Gasteiger charge is -2.10. The van der Waals surface area contributed by atoms with E-state index in [9.17, 15) is 0 Å². The maximum Gasteiger partial charge on any atom is 0.0972 e. The van der Waals surface area contributed by atoms with E-state index < -0.39 is 0 Å². The molecular formula is C90H54N10. The van der Waals surface area contributed by atoms with Gasteiger partial charge in [0, 0.05) is 112 Å². The summed E-state index contributed by atoms with van der Waals surface area (Å²) in [4.78, 5) is 48.5. The number of pyridine rings is 10. The van der Waals surface area contributed by atoms with E-state index in [1.54, 1.807) is 0 Å². The van der Waals surface area contributed by atoms with E-state index in [1.807, 2.05) is 79.4 Å². The Hall–Kier alpha value is -13.7. The smallest absolute Gasteiger partial charge is 0.0972 e. The van der Waals surface area contributed by atoms with Crippen LogP contribution in [0.15, 0.2) is 328 Å². The molecule has 0 atom stereocenters. The van der Waals surface area contributed by atoms with Gasteiger partial charge in [-0.1, -0.05) is 176 Å². The SMILES string of the molecule is c1cc(-c2ccc3cc(-c4ccc5nc(-c6cccc7ncccc67)ccc5c4)ccc3n2)cc(-c2ccc3ccc4cccnc4c3n2)c1.c1cnc2c(c1)ccc1ccc(-c3ccc(-c4ccc5cc(-c6ccc7nc(-c8ccnc9ccccc89)ccc7c6)ccc5n4)cc3)nc12. The van der Waals surface area contributed by atoms with Crippen LogP contribution in [-0.4, -0.2) is 49.8 Å². The summed E-state index contributed by atoms with van der Waals surface area (Å²) in [6.45, 7) is 0. The van der Waals surface area contributed by atoms with E-state index >= 15 is 0 Å². The molecule has 0 saturated heterocycles. The molecule has 10 aromatic carbocycles. The first-order valence-corrected chi connectivity index (χ1v) is 33.3. The van der Waals surface area contributed by atoms with E-state index in [-0.39, 0.29) is 0 Å². The summed E-state index contributed by atoms with van der Waals surface area (Å²) in [5.74, 6) is 0. The molecule has 0 aliphatic carbocycles. The number of benzene rings is 10. The minimum atomic E-state index is 0.913. The van der Waals surface area contributed by atoms with Crippen LogP contribution in [0.4, 0.5) is 0 Å². The monoisotopic (exact) mass is 1270 g/mol. The molecule has 20 aromatic rings. The highest BCUT2D eigenvalue weighted by Gasteiger charge is 2.15. The molecule has 0 saturated carbocycles. The van der Waals surface area contributed by atoms with Crippen molar-refractivity contribution in [3.8, 4) is 89.8 Å². The van der Waals surface area contributed by atoms with E-state index in [1.165, 1.54) is 0 Å². The van der Waals surface area contributed by atoms with Gasteiger partial charge < -0.3 is 0 Å². The molecule has 0 unspecified atom stereocenters. The third-order valence-corrected chi connectivity index (χ3v) is 19.1. The van der Waals surface area contributed by atoms with Crippen molar-refractivity contribution in [2.24, 2.45) is 0 Å². The first-order valence-electron chi connectivity index (χ1n) is 33.3. The molecule has 0 fully saturated rings. The normalized spacial score (nSPS) is 11.6. The van der Waals surface area contributed by atoms with Crippen LogP contribution < -0.4 is 0 Å². The van der Waals surface area contributed by atoms with E-state index in [0.717, 1.165) is 199 Å². The van der Waals surface area contributed by atoms with Crippen LogP contribution in [-0.2, 0) is 0 Å². The van der Waals surface area contributed by atoms with Crippen LogP contribution in [0.3, 0.4) is 0 Å². The van der Waals surface area contributed by atoms with Gasteiger partial charge in [0.05, 0.1) is 89.3 Å². The molecule has 10 heteroatoms. The zero-order valence-electron chi connectivity index (χ0n) is 53.6. The quantitative estimate of drug-likeness (QED) is 0.136. The maximum absolute atomic E-state index is 5.07. The largest absolute Gasteiger partial charge is 0.256 e. The highest BCUT2D eigenvalue weighted by Crippen LogP contribution is 2.37. The molecule has 0 bridgehead atoms. The Morgan fingerprint density at radius 2 is 0.500 bits per heavy atom. The second kappa shape index (κ2) is 24.2. The Morgan fingerprint density at radius 1 is 0.160 bits per heavy atom. The lowest BCUT2D eigenvalue weighted by molar-refractivity contribution is 1.36. The average Bonchev–Trinajstić information content (AvgIpc) is 0.794. The van der Waals surface area contributed by atoms with Gasteiger partial charge in [-0.25, -0.2) is 29.9 Å². The molecule has 0 aliphatic heterocycles. The first kappa shape index (κ1) is 57.7. The fourth-order valence-corrected chi connectivity index (χ4v) is 13.9. The van der Waals surface area contributed by atoms with Crippen molar-refractivity contribution in [3.05, 3.63) is 328 Å². The number of hydrogen-bond acceptors (Lipinski definition) is 10. The van der Waals surface area contributed by atoms with Gasteiger partial charge in [-0.3, -0.25) is 19.9 Å². The topological polar surface area (TPSA) is 129 Å². The number of rotatable bonds is 8. The standard InChI is InChI=1S/2C45H27N5/c1-5-32(27-33(6-1)41-18-13-29-12-11-28-7-3-24-47-44(28)45(29)50-41)38-21-16-34-25-30(14-19-39(34)48-38)31-15-20-40-35(26-31)17-22-43(49-40)37-8-2-10-42-36(37)9-4-23-46-42;1-2-6-42-36(5-1)37(23-25-46-42)43-22-17-35-27-33(15-20-41(35)49-43)32-14-19-40-34(26-32)16-21-38(48-40)28-7-9-29(10-8-28)39-18-13-31-12-11-30-4-3-24-47-44(30)45(31)50-39/h2*1-27H. The summed E-state index contributed by atoms with van der Waals surface area (Å²) in [5, 5.41) is 10.9. The molecule has 0 amide bonds. The number of para-hydroxylation sites is 1. The third kappa shape index (κ3) is 10.7. The number of aromatic nitrogens is 10. The highest BCUT2D eigenvalue weighted by molar-refractivity contribution is 6.05. The van der Waals surface area contributed by atoms with Crippen molar-refractivity contribution < 1.29 is 0 Å². The zero-order chi connectivity index (χ0) is 66.0. The van der Waals surface area contributed by atoms with Gasteiger partial charge in [0.25, 0.3) is 0 Å². The Balaban J connectivity index is 0.000000139. The Labute approximate surface area is 573 Å². The molecule has 20 rings (SSSR count). The summed E-state index contributed by atoms with van der Waals surface area (Å²) in [6.07, 6.45) is 7.33. The molecule has 10 aromatic heterocycles. The van der Waals surface area contributed by atoms with Crippen LogP contribution in [0.1, 0.15) is 0 Å². The van der Waals surface area contributed by atoms with Crippen LogP contribution in [0.5, 0.6) is 0 Å². The van der Waals surface area contributed by atoms with E-state index in [0.29, 0.717) is 0 Å². The molecule has 0 spiro atoms. The fraction of sp³-hybridized carbons (Fsp3) is 0. The second-order valence-corrected chi connectivity index (χ2v) is 25.1. The van der Waals surface area contributed by atoms with Crippen molar-refractivity contribution in [1.29, 1.82) is 0 Å². The van der Waals surface area contributed by atoms with Gasteiger partial charge in [-0.05, 0) is 150 Å². The summed E-state index contributed by atoms with van der Waals surface area (Å²) in [6, 6.07) is 105. The van der Waals surface area contributed by atoms with Gasteiger partial charge >= 0.3 is 0 Å². The lowest BCUT2D eigenvalue weighted by atomic mass is 9.99. The fourth-order valence-electron chi connectivity index (χ4n) is 13.9. The Bertz CT molecular complexity index is 6680. The van der Waals surface area contributed by atoms with Crippen molar-refractivity contribution in [2.45, 2.75) is 0 Å². The maximum atomic E-state index is 5.07.